The summed E-state index contributed by atoms with van der Waals surface area (Å²) >= 11 is 0. The molecule has 0 saturated carbocycles. The normalized spacial score (nSPS) is 14.2. The molecule has 0 aromatic heterocycles. The van der Waals surface area contributed by atoms with Gasteiger partial charge in [-0.15, -0.1) is 0 Å². The van der Waals surface area contributed by atoms with Gasteiger partial charge in [0.2, 0.25) is 0 Å². The second kappa shape index (κ2) is 21.9. The van der Waals surface area contributed by atoms with Gasteiger partial charge in [-0.3, -0.25) is 19.2 Å². The van der Waals surface area contributed by atoms with Gasteiger partial charge < -0.3 is 20.4 Å². The van der Waals surface area contributed by atoms with Gasteiger partial charge in [-0.2, -0.15) is 0 Å². The lowest BCUT2D eigenvalue weighted by Gasteiger charge is -2.36. The molecule has 0 aliphatic heterocycles. The van der Waals surface area contributed by atoms with Crippen LogP contribution in [-0.4, -0.2) is 44.3 Å². The van der Waals surface area contributed by atoms with E-state index < -0.39 is 23.9 Å². The molecule has 1 aliphatic carbocycles. The number of hydrogen-bond donors (Lipinski definition) is 4. The van der Waals surface area contributed by atoms with Crippen LogP contribution in [0.15, 0.2) is 48.5 Å². The predicted molar refractivity (Wildman–Crippen MR) is 311 cm³/mol. The minimum atomic E-state index is -0.994. The molecule has 0 amide bonds. The molecule has 0 atom stereocenters. The van der Waals surface area contributed by atoms with Gasteiger partial charge in [0.1, 0.15) is 0 Å². The van der Waals surface area contributed by atoms with Gasteiger partial charge in [0.05, 0.1) is 25.7 Å². The van der Waals surface area contributed by atoms with Crippen LogP contribution in [0.4, 0.5) is 0 Å². The van der Waals surface area contributed by atoms with E-state index in [9.17, 15) is 39.6 Å². The summed E-state index contributed by atoms with van der Waals surface area (Å²) in [6, 6.07) is 17.3. The summed E-state index contributed by atoms with van der Waals surface area (Å²) in [5.41, 5.74) is 11.4. The fourth-order valence-corrected chi connectivity index (χ4v) is 14.1. The van der Waals surface area contributed by atoms with Gasteiger partial charge in [-0.1, -0.05) is 187 Å². The number of carboxylic acids is 4. The average Bonchev–Trinajstić information content (AvgIpc) is 3.17. The first-order chi connectivity index (χ1) is 34.3. The molecule has 416 valence electrons. The van der Waals surface area contributed by atoms with E-state index >= 15 is 0 Å². The van der Waals surface area contributed by atoms with Crippen LogP contribution in [0, 0.1) is 21.7 Å². The molecule has 76 heavy (non-hydrogen) atoms. The van der Waals surface area contributed by atoms with Gasteiger partial charge in [-0.05, 0) is 184 Å². The molecule has 8 bridgehead atoms. The van der Waals surface area contributed by atoms with E-state index in [1.807, 2.05) is 0 Å². The van der Waals surface area contributed by atoms with Crippen molar-refractivity contribution in [1.29, 1.82) is 0 Å². The third-order valence-electron chi connectivity index (χ3n) is 15.6. The van der Waals surface area contributed by atoms with Crippen molar-refractivity contribution in [3.63, 3.8) is 0 Å². The highest BCUT2D eigenvalue weighted by molar-refractivity contribution is 5.76. The number of benzene rings is 4. The highest BCUT2D eigenvalue weighted by Crippen LogP contribution is 2.45. The van der Waals surface area contributed by atoms with Crippen LogP contribution in [-0.2, 0) is 92.2 Å². The highest BCUT2D eigenvalue weighted by atomic mass is 16.4. The first-order valence-corrected chi connectivity index (χ1v) is 27.8. The molecule has 5 rings (SSSR count). The molecule has 4 aromatic carbocycles. The van der Waals surface area contributed by atoms with E-state index in [1.54, 1.807) is 0 Å². The molecular weight excluding hydrogens is 945 g/mol. The van der Waals surface area contributed by atoms with Crippen LogP contribution >= 0.6 is 0 Å². The first-order valence-electron chi connectivity index (χ1n) is 27.8. The van der Waals surface area contributed by atoms with Crippen LogP contribution in [0.5, 0.6) is 0 Å². The molecular formula is C68H96O8. The zero-order chi connectivity index (χ0) is 57.7. The van der Waals surface area contributed by atoms with Crippen molar-refractivity contribution >= 4 is 23.9 Å². The third kappa shape index (κ3) is 16.4. The summed E-state index contributed by atoms with van der Waals surface area (Å²) in [6.45, 7) is 44.5. The smallest absolute Gasteiger partial charge is 0.307 e. The first kappa shape index (κ1) is 61.6. The van der Waals surface area contributed by atoms with Crippen LogP contribution in [0.25, 0.3) is 0 Å². The Morgan fingerprint density at radius 3 is 0.526 bits per heavy atom. The van der Waals surface area contributed by atoms with E-state index in [-0.39, 0.29) is 94.7 Å². The van der Waals surface area contributed by atoms with Gasteiger partial charge in [-0.25, -0.2) is 0 Å². The Balaban J connectivity index is 2.15. The second-order valence-corrected chi connectivity index (χ2v) is 30.6. The SMILES string of the molecule is CC(C)(C)CC(C)(C)c1cc2c(CC(=O)O)c(c1)Cc1cc(C(C)(C)CC(C)(C)C)cc(c1CC(=O)O)Cc1cc(C(C)(C)CC(C)(C)C)cc(c1CC(=O)O)Cc1cc(C(C)(C)CC(C)(C)C)cc(c1CC(=O)O)C2. The molecule has 0 radical (unpaired) electrons. The van der Waals surface area contributed by atoms with Crippen LogP contribution in [0.3, 0.4) is 0 Å². The lowest BCUT2D eigenvalue weighted by molar-refractivity contribution is -0.137. The Hall–Kier alpha value is -5.24. The van der Waals surface area contributed by atoms with Crippen LogP contribution < -0.4 is 0 Å². The summed E-state index contributed by atoms with van der Waals surface area (Å²) in [5.74, 6) is -3.98. The van der Waals surface area contributed by atoms with Gasteiger partial charge >= 0.3 is 23.9 Å². The number of hydrogen-bond acceptors (Lipinski definition) is 4. The van der Waals surface area contributed by atoms with Crippen molar-refractivity contribution in [2.75, 3.05) is 0 Å². The number of rotatable bonds is 16. The van der Waals surface area contributed by atoms with E-state index in [0.29, 0.717) is 22.3 Å². The molecule has 0 fully saturated rings. The lowest BCUT2D eigenvalue weighted by atomic mass is 9.69. The van der Waals surface area contributed by atoms with Gasteiger partial charge in [0.25, 0.3) is 0 Å². The summed E-state index contributed by atoms with van der Waals surface area (Å²) in [7, 11) is 0. The maximum absolute atomic E-state index is 13.3. The number of carbonyl (C=O) groups is 4. The van der Waals surface area contributed by atoms with E-state index in [2.05, 4.69) is 187 Å². The Morgan fingerprint density at radius 2 is 0.421 bits per heavy atom. The molecule has 0 unspecified atom stereocenters. The largest absolute Gasteiger partial charge is 0.481 e. The van der Waals surface area contributed by atoms with Crippen LogP contribution in [0.1, 0.15) is 253 Å². The third-order valence-corrected chi connectivity index (χ3v) is 15.6. The Morgan fingerprint density at radius 1 is 0.289 bits per heavy atom. The zero-order valence-electron chi connectivity index (χ0n) is 50.5. The van der Waals surface area contributed by atoms with Gasteiger partial charge in [0, 0.05) is 0 Å². The summed E-state index contributed by atoms with van der Waals surface area (Å²) < 4.78 is 0. The quantitative estimate of drug-likeness (QED) is 0.0763. The number of aliphatic carboxylic acids is 4. The molecule has 8 nitrogen and oxygen atoms in total. The fourth-order valence-electron chi connectivity index (χ4n) is 14.1. The van der Waals surface area contributed by atoms with E-state index in [1.165, 1.54) is 0 Å². The number of carboxylic acid groups (broad SMARTS) is 4. The van der Waals surface area contributed by atoms with Crippen molar-refractivity contribution in [3.05, 3.63) is 138 Å². The lowest BCUT2D eigenvalue weighted by Crippen LogP contribution is -2.27. The maximum atomic E-state index is 13.3. The van der Waals surface area contributed by atoms with Crippen molar-refractivity contribution in [3.8, 4) is 0 Å². The van der Waals surface area contributed by atoms with Crippen molar-refractivity contribution in [2.24, 2.45) is 21.7 Å². The summed E-state index contributed by atoms with van der Waals surface area (Å²) in [5, 5.41) is 43.6. The number of fused-ring (bicyclic) bond motifs is 8. The average molecular weight is 1040 g/mol. The molecule has 8 heteroatoms. The molecule has 0 spiro atoms. The Bertz CT molecular complexity index is 2370. The van der Waals surface area contributed by atoms with E-state index in [0.717, 1.165) is 92.4 Å². The van der Waals surface area contributed by atoms with Crippen molar-refractivity contribution < 1.29 is 39.6 Å². The zero-order valence-corrected chi connectivity index (χ0v) is 50.5. The summed E-state index contributed by atoms with van der Waals surface area (Å²) in [4.78, 5) is 53.3. The van der Waals surface area contributed by atoms with Gasteiger partial charge in [0.15, 0.2) is 0 Å². The Labute approximate surface area is 457 Å². The minimum Gasteiger partial charge on any atom is -0.481 e. The maximum Gasteiger partial charge on any atom is 0.307 e. The molecule has 1 aliphatic rings. The van der Waals surface area contributed by atoms with Crippen molar-refractivity contribution in [2.45, 2.75) is 237 Å². The Kier molecular flexibility index (Phi) is 17.7. The van der Waals surface area contributed by atoms with Crippen LogP contribution in [0.2, 0.25) is 0 Å². The monoisotopic (exact) mass is 1040 g/mol. The highest BCUT2D eigenvalue weighted by Gasteiger charge is 2.36. The minimum absolute atomic E-state index is 0.0679. The molecule has 0 heterocycles. The predicted octanol–water partition coefficient (Wildman–Crippen LogP) is 15.7. The summed E-state index contributed by atoms with van der Waals surface area (Å²) in [6.07, 6.45) is 3.14. The second-order valence-electron chi connectivity index (χ2n) is 30.6. The molecule has 4 N–H and O–H groups in total. The fraction of sp³-hybridized carbons (Fsp3) is 0.588. The molecule has 0 saturated heterocycles. The topological polar surface area (TPSA) is 149 Å². The standard InChI is InChI=1S/C68H96O8/c1-61(2,3)37-65(13,14)49-25-41-21-43-27-50(66(15,16)38-62(4,5)6)29-45(54(43)34-58(71)72)23-47-31-52(68(19,20)40-64(10,11)12)32-48(56(47)36-60(75)76)24-46-30-51(67(17,18)39-63(7,8)9)28-44(55(46)35-59(73)74)22-42(26-49)53(41)33-57(69)70/h25-32H,21-24,33-40H2,1-20H3,(H,69,70)(H,71,72)(H,73,74)(H,75,76). The van der Waals surface area contributed by atoms with Crippen molar-refractivity contribution in [1.82, 2.24) is 0 Å². The molecule has 4 aromatic rings. The van der Waals surface area contributed by atoms with E-state index in [4.69, 9.17) is 0 Å².